The number of likely N-dealkylation sites (tertiary alicyclic amines) is 1. The van der Waals surface area contributed by atoms with Gasteiger partial charge in [0.15, 0.2) is 0 Å². The summed E-state index contributed by atoms with van der Waals surface area (Å²) in [5.41, 5.74) is 1.98. The summed E-state index contributed by atoms with van der Waals surface area (Å²) in [6.45, 7) is 6.46. The van der Waals surface area contributed by atoms with Crippen molar-refractivity contribution < 1.29 is 9.53 Å². The number of nitrogens with zero attached hydrogens (tertiary/aromatic N) is 3. The van der Waals surface area contributed by atoms with Crippen molar-refractivity contribution in [2.24, 2.45) is 5.92 Å². The number of ether oxygens (including phenoxy) is 1. The van der Waals surface area contributed by atoms with E-state index in [1.54, 1.807) is 12.3 Å². The van der Waals surface area contributed by atoms with Gasteiger partial charge in [0, 0.05) is 19.7 Å². The number of carbonyl (C=O) groups is 1. The number of aromatic nitrogens is 2. The first-order valence-corrected chi connectivity index (χ1v) is 7.97. The van der Waals surface area contributed by atoms with Crippen molar-refractivity contribution >= 4 is 16.9 Å². The molecule has 0 saturated carbocycles. The summed E-state index contributed by atoms with van der Waals surface area (Å²) in [5.74, 6) is 0.482. The lowest BCUT2D eigenvalue weighted by atomic mass is 9.97. The molecule has 1 saturated heterocycles. The molecule has 3 rings (SSSR count). The second kappa shape index (κ2) is 7.33. The standard InChI is InChI=1S/C18H21N3O2/c1-2-11-23-13-14-7-9-21(10-8-14)18(22)17-12-19-15-5-3-4-6-16(15)20-17/h2-6,12,14H,1,7-11,13H2. The molecule has 2 aromatic rings. The summed E-state index contributed by atoms with van der Waals surface area (Å²) in [6.07, 6.45) is 5.26. The third-order valence-corrected chi connectivity index (χ3v) is 4.16. The number of hydrogen-bond acceptors (Lipinski definition) is 4. The smallest absolute Gasteiger partial charge is 0.274 e. The van der Waals surface area contributed by atoms with E-state index in [0.29, 0.717) is 18.2 Å². The molecule has 0 radical (unpaired) electrons. The molecule has 0 bridgehead atoms. The fourth-order valence-corrected chi connectivity index (χ4v) is 2.84. The number of piperidine rings is 1. The minimum absolute atomic E-state index is 0.0336. The molecule has 0 spiro atoms. The zero-order chi connectivity index (χ0) is 16.1. The normalized spacial score (nSPS) is 15.7. The van der Waals surface area contributed by atoms with E-state index in [-0.39, 0.29) is 5.91 Å². The largest absolute Gasteiger partial charge is 0.377 e. The lowest BCUT2D eigenvalue weighted by Gasteiger charge is -2.31. The number of amides is 1. The first kappa shape index (κ1) is 15.6. The van der Waals surface area contributed by atoms with Crippen LogP contribution in [0.3, 0.4) is 0 Å². The minimum Gasteiger partial charge on any atom is -0.377 e. The molecule has 23 heavy (non-hydrogen) atoms. The molecule has 0 aliphatic carbocycles. The van der Waals surface area contributed by atoms with Gasteiger partial charge in [-0.15, -0.1) is 6.58 Å². The van der Waals surface area contributed by atoms with E-state index in [1.807, 2.05) is 29.2 Å². The summed E-state index contributed by atoms with van der Waals surface area (Å²) in [5, 5.41) is 0. The number of rotatable bonds is 5. The van der Waals surface area contributed by atoms with Gasteiger partial charge in [-0.05, 0) is 30.9 Å². The van der Waals surface area contributed by atoms with Crippen molar-refractivity contribution in [3.63, 3.8) is 0 Å². The predicted octanol–water partition coefficient (Wildman–Crippen LogP) is 2.68. The summed E-state index contributed by atoms with van der Waals surface area (Å²) in [7, 11) is 0. The van der Waals surface area contributed by atoms with Gasteiger partial charge in [0.25, 0.3) is 5.91 Å². The Bertz CT molecular complexity index is 693. The van der Waals surface area contributed by atoms with Crippen LogP contribution in [0, 0.1) is 5.92 Å². The molecule has 1 aromatic heterocycles. The van der Waals surface area contributed by atoms with Crippen molar-refractivity contribution in [2.45, 2.75) is 12.8 Å². The third-order valence-electron chi connectivity index (χ3n) is 4.16. The van der Waals surface area contributed by atoms with Crippen molar-refractivity contribution in [2.75, 3.05) is 26.3 Å². The third kappa shape index (κ3) is 3.74. The SMILES string of the molecule is C=CCOCC1CCN(C(=O)c2cnc3ccccc3n2)CC1. The molecule has 1 aromatic carbocycles. The second-order valence-corrected chi connectivity index (χ2v) is 5.81. The molecular formula is C18H21N3O2. The van der Waals surface area contributed by atoms with E-state index in [1.165, 1.54) is 0 Å². The molecule has 1 aliphatic heterocycles. The molecule has 1 fully saturated rings. The molecule has 5 heteroatoms. The number of carbonyl (C=O) groups excluding carboxylic acids is 1. The van der Waals surface area contributed by atoms with Gasteiger partial charge >= 0.3 is 0 Å². The van der Waals surface area contributed by atoms with Gasteiger partial charge < -0.3 is 9.64 Å². The molecule has 120 valence electrons. The van der Waals surface area contributed by atoms with Crippen LogP contribution in [0.5, 0.6) is 0 Å². The Morgan fingerprint density at radius 3 is 2.78 bits per heavy atom. The van der Waals surface area contributed by atoms with Gasteiger partial charge in [0.2, 0.25) is 0 Å². The average molecular weight is 311 g/mol. The van der Waals surface area contributed by atoms with Crippen molar-refractivity contribution in [3.05, 3.63) is 48.8 Å². The second-order valence-electron chi connectivity index (χ2n) is 5.81. The predicted molar refractivity (Wildman–Crippen MR) is 89.2 cm³/mol. The number of benzene rings is 1. The van der Waals surface area contributed by atoms with Crippen LogP contribution in [0.2, 0.25) is 0 Å². The Morgan fingerprint density at radius 2 is 2.04 bits per heavy atom. The van der Waals surface area contributed by atoms with Crippen molar-refractivity contribution in [3.8, 4) is 0 Å². The van der Waals surface area contributed by atoms with Gasteiger partial charge in [-0.3, -0.25) is 9.78 Å². The van der Waals surface area contributed by atoms with E-state index in [0.717, 1.165) is 43.6 Å². The summed E-state index contributed by atoms with van der Waals surface area (Å²) in [6, 6.07) is 7.59. The van der Waals surface area contributed by atoms with E-state index in [9.17, 15) is 4.79 Å². The van der Waals surface area contributed by atoms with Crippen LogP contribution in [0.15, 0.2) is 43.1 Å². The van der Waals surface area contributed by atoms with Gasteiger partial charge in [-0.1, -0.05) is 18.2 Å². The molecule has 2 heterocycles. The van der Waals surface area contributed by atoms with Crippen LogP contribution in [0.1, 0.15) is 23.3 Å². The Morgan fingerprint density at radius 1 is 1.30 bits per heavy atom. The summed E-state index contributed by atoms with van der Waals surface area (Å²) in [4.78, 5) is 23.2. The Kier molecular flexibility index (Phi) is 4.98. The zero-order valence-corrected chi connectivity index (χ0v) is 13.1. The fraction of sp³-hybridized carbons (Fsp3) is 0.389. The minimum atomic E-state index is -0.0336. The molecule has 0 atom stereocenters. The molecule has 0 unspecified atom stereocenters. The monoisotopic (exact) mass is 311 g/mol. The van der Waals surface area contributed by atoms with Gasteiger partial charge in [-0.25, -0.2) is 4.98 Å². The highest BCUT2D eigenvalue weighted by Gasteiger charge is 2.24. The first-order valence-electron chi connectivity index (χ1n) is 7.97. The highest BCUT2D eigenvalue weighted by atomic mass is 16.5. The Labute approximate surface area is 136 Å². The van der Waals surface area contributed by atoms with Gasteiger partial charge in [0.05, 0.1) is 23.8 Å². The quantitative estimate of drug-likeness (QED) is 0.629. The number of fused-ring (bicyclic) bond motifs is 1. The van der Waals surface area contributed by atoms with E-state index in [2.05, 4.69) is 16.5 Å². The average Bonchev–Trinajstić information content (AvgIpc) is 2.61. The molecular weight excluding hydrogens is 290 g/mol. The highest BCUT2D eigenvalue weighted by molar-refractivity contribution is 5.93. The Hall–Kier alpha value is -2.27. The maximum absolute atomic E-state index is 12.6. The van der Waals surface area contributed by atoms with E-state index >= 15 is 0 Å². The molecule has 1 aliphatic rings. The van der Waals surface area contributed by atoms with E-state index in [4.69, 9.17) is 4.74 Å². The summed E-state index contributed by atoms with van der Waals surface area (Å²) >= 11 is 0. The maximum Gasteiger partial charge on any atom is 0.274 e. The lowest BCUT2D eigenvalue weighted by Crippen LogP contribution is -2.39. The van der Waals surface area contributed by atoms with Gasteiger partial charge in [-0.2, -0.15) is 0 Å². The van der Waals surface area contributed by atoms with Crippen LogP contribution in [0.25, 0.3) is 11.0 Å². The first-order chi connectivity index (χ1) is 11.3. The topological polar surface area (TPSA) is 55.3 Å². The number of para-hydroxylation sites is 2. The van der Waals surface area contributed by atoms with Crippen LogP contribution in [-0.2, 0) is 4.74 Å². The van der Waals surface area contributed by atoms with E-state index < -0.39 is 0 Å². The Balaban J connectivity index is 1.61. The molecule has 0 N–H and O–H groups in total. The van der Waals surface area contributed by atoms with Crippen molar-refractivity contribution in [1.29, 1.82) is 0 Å². The lowest BCUT2D eigenvalue weighted by molar-refractivity contribution is 0.0571. The van der Waals surface area contributed by atoms with Crippen LogP contribution in [0.4, 0.5) is 0 Å². The fourth-order valence-electron chi connectivity index (χ4n) is 2.84. The van der Waals surface area contributed by atoms with Crippen LogP contribution >= 0.6 is 0 Å². The van der Waals surface area contributed by atoms with Crippen LogP contribution in [-0.4, -0.2) is 47.1 Å². The van der Waals surface area contributed by atoms with Gasteiger partial charge in [0.1, 0.15) is 5.69 Å². The molecule has 1 amide bonds. The van der Waals surface area contributed by atoms with Crippen molar-refractivity contribution in [1.82, 2.24) is 14.9 Å². The summed E-state index contributed by atoms with van der Waals surface area (Å²) < 4.78 is 5.51. The number of hydrogen-bond donors (Lipinski definition) is 0. The molecule has 5 nitrogen and oxygen atoms in total. The van der Waals surface area contributed by atoms with Crippen LogP contribution < -0.4 is 0 Å². The maximum atomic E-state index is 12.6. The highest BCUT2D eigenvalue weighted by Crippen LogP contribution is 2.19. The zero-order valence-electron chi connectivity index (χ0n) is 13.1.